The molecule has 0 bridgehead atoms. The molecule has 0 fully saturated rings. The normalized spacial score (nSPS) is 10.4. The number of aromatic nitrogens is 2. The van der Waals surface area contributed by atoms with Gasteiger partial charge >= 0.3 is 0 Å². The van der Waals surface area contributed by atoms with Crippen LogP contribution in [0.15, 0.2) is 67.1 Å². The Labute approximate surface area is 153 Å². The van der Waals surface area contributed by atoms with Gasteiger partial charge in [0.15, 0.2) is 0 Å². The van der Waals surface area contributed by atoms with Gasteiger partial charge in [-0.3, -0.25) is 9.78 Å². The number of nitrogens with zero attached hydrogens (tertiary/aromatic N) is 3. The van der Waals surface area contributed by atoms with Crippen molar-refractivity contribution in [1.29, 1.82) is 0 Å². The highest BCUT2D eigenvalue weighted by Crippen LogP contribution is 2.25. The Balaban J connectivity index is 1.70. The molecule has 0 aliphatic rings. The second-order valence-electron chi connectivity index (χ2n) is 6.02. The minimum Gasteiger partial charge on any atom is -0.347 e. The van der Waals surface area contributed by atoms with Gasteiger partial charge < -0.3 is 10.2 Å². The zero-order valence-corrected chi connectivity index (χ0v) is 15.0. The van der Waals surface area contributed by atoms with E-state index in [4.69, 9.17) is 0 Å². The molecule has 132 valence electrons. The van der Waals surface area contributed by atoms with E-state index in [0.29, 0.717) is 12.2 Å². The molecular formula is C21H22N4O. The van der Waals surface area contributed by atoms with Gasteiger partial charge in [0.2, 0.25) is 0 Å². The average molecular weight is 346 g/mol. The molecule has 1 amide bonds. The summed E-state index contributed by atoms with van der Waals surface area (Å²) >= 11 is 0. The molecule has 26 heavy (non-hydrogen) atoms. The number of anilines is 2. The van der Waals surface area contributed by atoms with Gasteiger partial charge in [0, 0.05) is 31.2 Å². The minimum absolute atomic E-state index is 0.188. The number of amides is 1. The van der Waals surface area contributed by atoms with Crippen molar-refractivity contribution in [2.45, 2.75) is 20.4 Å². The summed E-state index contributed by atoms with van der Waals surface area (Å²) in [7, 11) is 0. The Bertz CT molecular complexity index is 863. The van der Waals surface area contributed by atoms with Crippen LogP contribution in [0.4, 0.5) is 11.4 Å². The maximum atomic E-state index is 12.3. The standard InChI is InChI=1S/C21H22N4O/c1-3-25(18-6-4-5-16(2)13-18)19-7-8-20(23-15-19)21(26)24-14-17-9-11-22-12-10-17/h4-13,15H,3,14H2,1-2H3,(H,24,26). The molecule has 3 aromatic rings. The van der Waals surface area contributed by atoms with Crippen LogP contribution in [0.1, 0.15) is 28.5 Å². The van der Waals surface area contributed by atoms with Gasteiger partial charge in [0.25, 0.3) is 5.91 Å². The van der Waals surface area contributed by atoms with Crippen LogP contribution in [0.5, 0.6) is 0 Å². The van der Waals surface area contributed by atoms with Gasteiger partial charge in [0.05, 0.1) is 11.9 Å². The minimum atomic E-state index is -0.188. The van der Waals surface area contributed by atoms with E-state index in [-0.39, 0.29) is 5.91 Å². The van der Waals surface area contributed by atoms with E-state index in [9.17, 15) is 4.79 Å². The molecule has 0 saturated heterocycles. The molecule has 5 heteroatoms. The molecule has 0 saturated carbocycles. The van der Waals surface area contributed by atoms with Crippen LogP contribution in [0.25, 0.3) is 0 Å². The number of carbonyl (C=O) groups excluding carboxylic acids is 1. The van der Waals surface area contributed by atoms with Gasteiger partial charge in [-0.05, 0) is 61.4 Å². The molecular weight excluding hydrogens is 324 g/mol. The quantitative estimate of drug-likeness (QED) is 0.736. The number of aryl methyl sites for hydroxylation is 1. The summed E-state index contributed by atoms with van der Waals surface area (Å²) in [6.07, 6.45) is 5.16. The number of carbonyl (C=O) groups is 1. The summed E-state index contributed by atoms with van der Waals surface area (Å²) in [6.45, 7) is 5.44. The lowest BCUT2D eigenvalue weighted by Crippen LogP contribution is -2.24. The van der Waals surface area contributed by atoms with Gasteiger partial charge in [-0.25, -0.2) is 4.98 Å². The molecule has 2 heterocycles. The molecule has 3 rings (SSSR count). The first-order valence-electron chi connectivity index (χ1n) is 8.64. The molecule has 0 aliphatic carbocycles. The molecule has 5 nitrogen and oxygen atoms in total. The Morgan fingerprint density at radius 2 is 1.88 bits per heavy atom. The Kier molecular flexibility index (Phi) is 5.59. The molecule has 0 spiro atoms. The van der Waals surface area contributed by atoms with Crippen molar-refractivity contribution < 1.29 is 4.79 Å². The van der Waals surface area contributed by atoms with Gasteiger partial charge in [-0.1, -0.05) is 12.1 Å². The van der Waals surface area contributed by atoms with Crippen molar-refractivity contribution in [3.8, 4) is 0 Å². The third-order valence-electron chi connectivity index (χ3n) is 4.12. The smallest absolute Gasteiger partial charge is 0.270 e. The number of benzene rings is 1. The lowest BCUT2D eigenvalue weighted by atomic mass is 10.2. The first kappa shape index (κ1) is 17.6. The van der Waals surface area contributed by atoms with Crippen LogP contribution in [-0.2, 0) is 6.54 Å². The van der Waals surface area contributed by atoms with Crippen LogP contribution < -0.4 is 10.2 Å². The fraction of sp³-hybridized carbons (Fsp3) is 0.190. The highest BCUT2D eigenvalue weighted by atomic mass is 16.1. The van der Waals surface area contributed by atoms with E-state index in [1.54, 1.807) is 24.7 Å². The van der Waals surface area contributed by atoms with Crippen LogP contribution in [0.2, 0.25) is 0 Å². The summed E-state index contributed by atoms with van der Waals surface area (Å²) < 4.78 is 0. The molecule has 2 aromatic heterocycles. The first-order chi connectivity index (χ1) is 12.7. The number of hydrogen-bond donors (Lipinski definition) is 1. The molecule has 1 N–H and O–H groups in total. The lowest BCUT2D eigenvalue weighted by Gasteiger charge is -2.23. The molecule has 0 atom stereocenters. The topological polar surface area (TPSA) is 58.1 Å². The largest absolute Gasteiger partial charge is 0.347 e. The van der Waals surface area contributed by atoms with E-state index in [0.717, 1.165) is 23.5 Å². The Morgan fingerprint density at radius 3 is 2.54 bits per heavy atom. The van der Waals surface area contributed by atoms with Crippen LogP contribution in [0, 0.1) is 6.92 Å². The highest BCUT2D eigenvalue weighted by molar-refractivity contribution is 5.92. The first-order valence-corrected chi connectivity index (χ1v) is 8.64. The number of nitrogens with one attached hydrogen (secondary N) is 1. The van der Waals surface area contributed by atoms with Crippen LogP contribution >= 0.6 is 0 Å². The zero-order chi connectivity index (χ0) is 18.4. The van der Waals surface area contributed by atoms with E-state index in [1.807, 2.05) is 24.3 Å². The van der Waals surface area contributed by atoms with Crippen molar-refractivity contribution in [2.75, 3.05) is 11.4 Å². The van der Waals surface area contributed by atoms with Crippen molar-refractivity contribution in [1.82, 2.24) is 15.3 Å². The van der Waals surface area contributed by atoms with Gasteiger partial charge in [0.1, 0.15) is 5.69 Å². The van der Waals surface area contributed by atoms with Crippen molar-refractivity contribution in [3.63, 3.8) is 0 Å². The molecule has 1 aromatic carbocycles. The third kappa shape index (κ3) is 4.25. The summed E-state index contributed by atoms with van der Waals surface area (Å²) in [5.74, 6) is -0.188. The van der Waals surface area contributed by atoms with Gasteiger partial charge in [-0.15, -0.1) is 0 Å². The summed E-state index contributed by atoms with van der Waals surface area (Å²) in [4.78, 5) is 22.8. The van der Waals surface area contributed by atoms with Gasteiger partial charge in [-0.2, -0.15) is 0 Å². The Morgan fingerprint density at radius 1 is 1.08 bits per heavy atom. The highest BCUT2D eigenvalue weighted by Gasteiger charge is 2.11. The maximum Gasteiger partial charge on any atom is 0.270 e. The second-order valence-corrected chi connectivity index (χ2v) is 6.02. The summed E-state index contributed by atoms with van der Waals surface area (Å²) in [5, 5.41) is 2.87. The van der Waals surface area contributed by atoms with Crippen LogP contribution in [-0.4, -0.2) is 22.4 Å². The lowest BCUT2D eigenvalue weighted by molar-refractivity contribution is 0.0946. The predicted octanol–water partition coefficient (Wildman–Crippen LogP) is 3.87. The fourth-order valence-electron chi connectivity index (χ4n) is 2.76. The van der Waals surface area contributed by atoms with E-state index in [1.165, 1.54) is 5.56 Å². The third-order valence-corrected chi connectivity index (χ3v) is 4.12. The monoisotopic (exact) mass is 346 g/mol. The van der Waals surface area contributed by atoms with Crippen LogP contribution in [0.3, 0.4) is 0 Å². The van der Waals surface area contributed by atoms with E-state index < -0.39 is 0 Å². The number of pyridine rings is 2. The van der Waals surface area contributed by atoms with E-state index in [2.05, 4.69) is 52.2 Å². The van der Waals surface area contributed by atoms with E-state index >= 15 is 0 Å². The molecule has 0 aliphatic heterocycles. The average Bonchev–Trinajstić information content (AvgIpc) is 2.68. The number of rotatable bonds is 6. The predicted molar refractivity (Wildman–Crippen MR) is 104 cm³/mol. The summed E-state index contributed by atoms with van der Waals surface area (Å²) in [6, 6.07) is 15.8. The summed E-state index contributed by atoms with van der Waals surface area (Å²) in [5.41, 5.74) is 4.69. The zero-order valence-electron chi connectivity index (χ0n) is 15.0. The van der Waals surface area contributed by atoms with Crippen molar-refractivity contribution >= 4 is 17.3 Å². The van der Waals surface area contributed by atoms with Crippen molar-refractivity contribution in [2.24, 2.45) is 0 Å². The maximum absolute atomic E-state index is 12.3. The number of hydrogen-bond acceptors (Lipinski definition) is 4. The molecule has 0 unspecified atom stereocenters. The second kappa shape index (κ2) is 8.25. The molecule has 0 radical (unpaired) electrons. The van der Waals surface area contributed by atoms with Crippen molar-refractivity contribution in [3.05, 3.63) is 83.9 Å². The fourth-order valence-corrected chi connectivity index (χ4v) is 2.76. The Hall–Kier alpha value is -3.21. The SMILES string of the molecule is CCN(c1ccc(C(=O)NCc2ccncc2)nc1)c1cccc(C)c1.